The van der Waals surface area contributed by atoms with E-state index < -0.39 is 5.41 Å². The Labute approximate surface area is 194 Å². The number of ether oxygens (including phenoxy) is 2. The van der Waals surface area contributed by atoms with Crippen LogP contribution in [-0.2, 0) is 26.2 Å². The van der Waals surface area contributed by atoms with E-state index in [0.29, 0.717) is 45.8 Å². The highest BCUT2D eigenvalue weighted by Gasteiger charge is 2.45. The summed E-state index contributed by atoms with van der Waals surface area (Å²) in [6, 6.07) is 10.4. The number of aromatic nitrogens is 3. The van der Waals surface area contributed by atoms with Crippen LogP contribution in [0.25, 0.3) is 0 Å². The van der Waals surface area contributed by atoms with Crippen molar-refractivity contribution in [2.45, 2.75) is 62.4 Å². The van der Waals surface area contributed by atoms with Crippen LogP contribution >= 0.6 is 0 Å². The molecule has 0 N–H and O–H groups in total. The molecule has 0 spiro atoms. The van der Waals surface area contributed by atoms with E-state index in [-0.39, 0.29) is 23.6 Å². The van der Waals surface area contributed by atoms with Gasteiger partial charge in [0.1, 0.15) is 5.82 Å². The van der Waals surface area contributed by atoms with E-state index in [1.165, 1.54) is 0 Å². The zero-order valence-corrected chi connectivity index (χ0v) is 19.4. The van der Waals surface area contributed by atoms with Gasteiger partial charge >= 0.3 is 5.69 Å². The third kappa shape index (κ3) is 4.26. The van der Waals surface area contributed by atoms with E-state index in [4.69, 9.17) is 14.6 Å². The maximum atomic E-state index is 14.1. The molecule has 33 heavy (non-hydrogen) atoms. The van der Waals surface area contributed by atoms with Gasteiger partial charge in [-0.05, 0) is 44.1 Å². The number of nitrogens with zero attached hydrogens (tertiary/aromatic N) is 4. The van der Waals surface area contributed by atoms with Gasteiger partial charge in [0.2, 0.25) is 5.91 Å². The lowest BCUT2D eigenvalue weighted by Gasteiger charge is -2.42. The highest BCUT2D eigenvalue weighted by molar-refractivity contribution is 5.88. The highest BCUT2D eigenvalue weighted by Crippen LogP contribution is 2.40. The van der Waals surface area contributed by atoms with Gasteiger partial charge in [-0.3, -0.25) is 9.36 Å². The molecular weight excluding hydrogens is 420 g/mol. The number of amides is 1. The van der Waals surface area contributed by atoms with Crippen LogP contribution in [0.2, 0.25) is 0 Å². The molecule has 1 amide bonds. The fraction of sp³-hybridized carbons (Fsp3) is 0.640. The summed E-state index contributed by atoms with van der Waals surface area (Å²) in [4.78, 5) is 29.1. The Kier molecular flexibility index (Phi) is 6.38. The van der Waals surface area contributed by atoms with Crippen LogP contribution in [0.1, 0.15) is 61.9 Å². The number of rotatable bonds is 7. The van der Waals surface area contributed by atoms with Crippen molar-refractivity contribution in [1.29, 1.82) is 0 Å². The topological polar surface area (TPSA) is 78.6 Å². The zero-order valence-electron chi connectivity index (χ0n) is 19.4. The fourth-order valence-corrected chi connectivity index (χ4v) is 5.49. The number of piperidine rings is 1. The standard InChI is InChI=1S/C25H34N4O4/c1-32-17-14-28-24(31)29(21-9-10-21)22(26-28)19-6-5-13-27(18-19)23(30)25(11-15-33-16-12-25)20-7-3-2-4-8-20/h2-4,7-8,19,21H,5-6,9-18H2,1H3/t19-/m0/s1. The summed E-state index contributed by atoms with van der Waals surface area (Å²) in [5.74, 6) is 1.12. The lowest BCUT2D eigenvalue weighted by Crippen LogP contribution is -2.52. The summed E-state index contributed by atoms with van der Waals surface area (Å²) >= 11 is 0. The van der Waals surface area contributed by atoms with Gasteiger partial charge in [0.05, 0.1) is 18.6 Å². The Morgan fingerprint density at radius 1 is 1.18 bits per heavy atom. The van der Waals surface area contributed by atoms with Crippen LogP contribution in [-0.4, -0.2) is 65.2 Å². The van der Waals surface area contributed by atoms with Crippen LogP contribution in [0.3, 0.4) is 0 Å². The molecule has 3 heterocycles. The third-order valence-electron chi connectivity index (χ3n) is 7.47. The van der Waals surface area contributed by atoms with Crippen LogP contribution in [0, 0.1) is 0 Å². The Morgan fingerprint density at radius 3 is 2.64 bits per heavy atom. The molecule has 2 aromatic rings. The average Bonchev–Trinajstić information content (AvgIpc) is 3.66. The zero-order chi connectivity index (χ0) is 22.8. The molecule has 1 aliphatic carbocycles. The summed E-state index contributed by atoms with van der Waals surface area (Å²) in [7, 11) is 1.63. The molecule has 2 saturated heterocycles. The summed E-state index contributed by atoms with van der Waals surface area (Å²) in [5, 5.41) is 4.74. The number of carbonyl (C=O) groups excluding carboxylic acids is 1. The van der Waals surface area contributed by atoms with E-state index in [2.05, 4.69) is 12.1 Å². The first-order valence-electron chi connectivity index (χ1n) is 12.2. The van der Waals surface area contributed by atoms with E-state index in [1.54, 1.807) is 11.8 Å². The average molecular weight is 455 g/mol. The van der Waals surface area contributed by atoms with E-state index in [9.17, 15) is 9.59 Å². The van der Waals surface area contributed by atoms with Crippen molar-refractivity contribution < 1.29 is 14.3 Å². The first-order chi connectivity index (χ1) is 16.1. The smallest absolute Gasteiger partial charge is 0.346 e. The van der Waals surface area contributed by atoms with Gasteiger partial charge in [-0.2, -0.15) is 5.10 Å². The maximum Gasteiger partial charge on any atom is 0.346 e. The lowest BCUT2D eigenvalue weighted by atomic mass is 9.72. The lowest BCUT2D eigenvalue weighted by molar-refractivity contribution is -0.142. The van der Waals surface area contributed by atoms with Crippen molar-refractivity contribution in [1.82, 2.24) is 19.2 Å². The molecule has 0 unspecified atom stereocenters. The van der Waals surface area contributed by atoms with E-state index in [1.807, 2.05) is 27.7 Å². The van der Waals surface area contributed by atoms with E-state index in [0.717, 1.165) is 43.6 Å². The predicted molar refractivity (Wildman–Crippen MR) is 123 cm³/mol. The van der Waals surface area contributed by atoms with Crippen molar-refractivity contribution in [2.75, 3.05) is 40.0 Å². The van der Waals surface area contributed by atoms with Crippen LogP contribution in [0.5, 0.6) is 0 Å². The summed E-state index contributed by atoms with van der Waals surface area (Å²) in [5.41, 5.74) is 0.507. The number of likely N-dealkylation sites (tertiary alicyclic amines) is 1. The van der Waals surface area contributed by atoms with Gasteiger partial charge < -0.3 is 14.4 Å². The molecule has 3 aliphatic rings. The van der Waals surface area contributed by atoms with Gasteiger partial charge in [-0.25, -0.2) is 9.48 Å². The third-order valence-corrected chi connectivity index (χ3v) is 7.47. The summed E-state index contributed by atoms with van der Waals surface area (Å²) in [6.45, 7) is 3.48. The molecule has 0 radical (unpaired) electrons. The second-order valence-corrected chi connectivity index (χ2v) is 9.61. The van der Waals surface area contributed by atoms with Crippen LogP contribution in [0.4, 0.5) is 0 Å². The van der Waals surface area contributed by atoms with Crippen molar-refractivity contribution >= 4 is 5.91 Å². The maximum absolute atomic E-state index is 14.1. The molecular formula is C25H34N4O4. The minimum atomic E-state index is -0.532. The van der Waals surface area contributed by atoms with Crippen LogP contribution in [0.15, 0.2) is 35.1 Å². The highest BCUT2D eigenvalue weighted by atomic mass is 16.5. The predicted octanol–water partition coefficient (Wildman–Crippen LogP) is 2.48. The second kappa shape index (κ2) is 9.43. The minimum absolute atomic E-state index is 0.0433. The first-order valence-corrected chi connectivity index (χ1v) is 12.2. The number of benzene rings is 1. The minimum Gasteiger partial charge on any atom is -0.383 e. The first kappa shape index (κ1) is 22.3. The fourth-order valence-electron chi connectivity index (χ4n) is 5.49. The molecule has 3 fully saturated rings. The van der Waals surface area contributed by atoms with E-state index >= 15 is 0 Å². The summed E-state index contributed by atoms with van der Waals surface area (Å²) < 4.78 is 14.2. The molecule has 8 heteroatoms. The van der Waals surface area contributed by atoms with Crippen molar-refractivity contribution in [3.05, 3.63) is 52.2 Å². The number of carbonyl (C=O) groups is 1. The Balaban J connectivity index is 1.42. The van der Waals surface area contributed by atoms with Crippen molar-refractivity contribution in [2.24, 2.45) is 0 Å². The monoisotopic (exact) mass is 454 g/mol. The second-order valence-electron chi connectivity index (χ2n) is 9.61. The molecule has 2 aliphatic heterocycles. The molecule has 178 valence electrons. The number of hydrogen-bond acceptors (Lipinski definition) is 5. The Hall–Kier alpha value is -2.45. The van der Waals surface area contributed by atoms with Crippen molar-refractivity contribution in [3.8, 4) is 0 Å². The van der Waals surface area contributed by atoms with Gasteiger partial charge in [0, 0.05) is 45.4 Å². The van der Waals surface area contributed by atoms with Gasteiger partial charge in [0.15, 0.2) is 0 Å². The van der Waals surface area contributed by atoms with Crippen molar-refractivity contribution in [3.63, 3.8) is 0 Å². The quantitative estimate of drug-likeness (QED) is 0.642. The molecule has 1 aromatic heterocycles. The van der Waals surface area contributed by atoms with Gasteiger partial charge in [0.25, 0.3) is 0 Å². The molecule has 5 rings (SSSR count). The van der Waals surface area contributed by atoms with Gasteiger partial charge in [-0.1, -0.05) is 30.3 Å². The SMILES string of the molecule is COCCn1nc([C@H]2CCCN(C(=O)C3(c4ccccc4)CCOCC3)C2)n(C2CC2)c1=O. The Bertz CT molecular complexity index is 1020. The van der Waals surface area contributed by atoms with Crippen LogP contribution < -0.4 is 5.69 Å². The number of methoxy groups -OCH3 is 1. The molecule has 1 saturated carbocycles. The molecule has 0 bridgehead atoms. The summed E-state index contributed by atoms with van der Waals surface area (Å²) in [6.07, 6.45) is 5.32. The Morgan fingerprint density at radius 2 is 1.94 bits per heavy atom. The van der Waals surface area contributed by atoms with Gasteiger partial charge in [-0.15, -0.1) is 0 Å². The molecule has 1 aromatic carbocycles. The molecule has 8 nitrogen and oxygen atoms in total. The molecule has 1 atom stereocenters. The largest absolute Gasteiger partial charge is 0.383 e. The normalized spacial score (nSPS) is 22.9. The number of hydrogen-bond donors (Lipinski definition) is 0.